The molecule has 2 aromatic heterocycles. The van der Waals surface area contributed by atoms with Gasteiger partial charge in [0.05, 0.1) is 21.1 Å². The lowest BCUT2D eigenvalue weighted by Crippen LogP contribution is -1.95. The zero-order valence-corrected chi connectivity index (χ0v) is 12.2. The Kier molecular flexibility index (Phi) is 3.79. The van der Waals surface area contributed by atoms with E-state index in [9.17, 15) is 0 Å². The van der Waals surface area contributed by atoms with Gasteiger partial charge in [-0.05, 0) is 22.9 Å². The van der Waals surface area contributed by atoms with Crippen molar-refractivity contribution in [1.29, 1.82) is 0 Å². The number of nitrogens with zero attached hydrogens (tertiary/aromatic N) is 4. The second kappa shape index (κ2) is 5.70. The molecule has 4 nitrogen and oxygen atoms in total. The van der Waals surface area contributed by atoms with Gasteiger partial charge in [0.2, 0.25) is 0 Å². The van der Waals surface area contributed by atoms with E-state index in [-0.39, 0.29) is 0 Å². The average molecular weight is 310 g/mol. The van der Waals surface area contributed by atoms with Crippen LogP contribution in [0.4, 0.5) is 0 Å². The van der Waals surface area contributed by atoms with Crippen LogP contribution in [0.1, 0.15) is 9.75 Å². The van der Waals surface area contributed by atoms with E-state index in [1.54, 1.807) is 22.7 Å². The molecule has 90 valence electrons. The Balaban J connectivity index is 1.89. The van der Waals surface area contributed by atoms with Gasteiger partial charge in [0.1, 0.15) is 12.1 Å². The van der Waals surface area contributed by atoms with E-state index < -0.39 is 0 Å². The number of hydrogen-bond donors (Lipinski definition) is 0. The molecule has 0 aromatic carbocycles. The largest absolute Gasteiger partial charge is 0.193 e. The quantitative estimate of drug-likeness (QED) is 0.773. The summed E-state index contributed by atoms with van der Waals surface area (Å²) in [6, 6.07) is 7.92. The maximum Gasteiger partial charge on any atom is 0.193 e. The van der Waals surface area contributed by atoms with Gasteiger partial charge in [-0.2, -0.15) is 17.5 Å². The molecule has 0 fully saturated rings. The first-order valence-corrected chi connectivity index (χ1v) is 8.13. The first-order valence-electron chi connectivity index (χ1n) is 4.92. The van der Waals surface area contributed by atoms with Crippen molar-refractivity contribution >= 4 is 57.8 Å². The molecule has 0 atom stereocenters. The molecule has 0 bridgehead atoms. The van der Waals surface area contributed by atoms with E-state index in [0.717, 1.165) is 33.2 Å². The van der Waals surface area contributed by atoms with E-state index in [0.29, 0.717) is 11.7 Å². The lowest BCUT2D eigenvalue weighted by molar-refractivity contribution is 1.62. The molecule has 0 saturated carbocycles. The summed E-state index contributed by atoms with van der Waals surface area (Å²) in [5, 5.41) is 4.00. The highest BCUT2D eigenvalue weighted by atomic mass is 32.2. The van der Waals surface area contributed by atoms with Crippen LogP contribution in [0.2, 0.25) is 0 Å². The van der Waals surface area contributed by atoms with Gasteiger partial charge < -0.3 is 0 Å². The molecule has 8 heteroatoms. The Hall–Kier alpha value is -1.09. The summed E-state index contributed by atoms with van der Waals surface area (Å²) in [5.41, 5.74) is 0. The molecular formula is C10H6N4S4. The maximum atomic E-state index is 4.30. The lowest BCUT2D eigenvalue weighted by Gasteiger charge is -1.97. The van der Waals surface area contributed by atoms with Crippen LogP contribution in [-0.2, 0) is 11.4 Å². The van der Waals surface area contributed by atoms with Crippen LogP contribution in [0.25, 0.3) is 0 Å². The molecule has 3 heterocycles. The Morgan fingerprint density at radius 2 is 1.33 bits per heavy atom. The topological polar surface area (TPSA) is 49.4 Å². The van der Waals surface area contributed by atoms with Crippen LogP contribution >= 0.6 is 34.8 Å². The fourth-order valence-corrected chi connectivity index (χ4v) is 3.82. The zero-order chi connectivity index (χ0) is 12.2. The number of rotatable bonds is 2. The summed E-state index contributed by atoms with van der Waals surface area (Å²) in [6.45, 7) is 0. The molecule has 18 heavy (non-hydrogen) atoms. The highest BCUT2D eigenvalue weighted by Gasteiger charge is 2.07. The van der Waals surface area contributed by atoms with E-state index in [1.165, 1.54) is 0 Å². The Morgan fingerprint density at radius 1 is 0.778 bits per heavy atom. The summed E-state index contributed by atoms with van der Waals surface area (Å²) < 4.78 is 17.2. The van der Waals surface area contributed by atoms with Crippen LogP contribution in [0.5, 0.6) is 0 Å². The minimum Gasteiger partial charge on any atom is -0.170 e. The fraction of sp³-hybridized carbons (Fsp3) is 0. The molecule has 0 radical (unpaired) electrons. The summed E-state index contributed by atoms with van der Waals surface area (Å²) >= 11 is 5.47. The van der Waals surface area contributed by atoms with E-state index in [2.05, 4.69) is 17.5 Å². The molecule has 0 saturated heterocycles. The van der Waals surface area contributed by atoms with Crippen molar-refractivity contribution in [3.8, 4) is 0 Å². The minimum atomic E-state index is 0.678. The normalized spacial score (nSPS) is 21.1. The van der Waals surface area contributed by atoms with Crippen molar-refractivity contribution < 1.29 is 0 Å². The molecule has 0 aliphatic carbocycles. The van der Waals surface area contributed by atoms with Gasteiger partial charge in [-0.3, -0.25) is 0 Å². The standard InChI is InChI=1S/C10H6N4S4/c1-3-7(15-5-1)9-11-17-13-10(14-18-12-9)8-4-2-6-16-8/h1-6H/b11-9-,13-10-. The summed E-state index contributed by atoms with van der Waals surface area (Å²) in [7, 11) is 0. The van der Waals surface area contributed by atoms with Crippen molar-refractivity contribution in [2.75, 3.05) is 0 Å². The van der Waals surface area contributed by atoms with Crippen molar-refractivity contribution in [1.82, 2.24) is 0 Å². The van der Waals surface area contributed by atoms with Gasteiger partial charge >= 0.3 is 0 Å². The third kappa shape index (κ3) is 2.66. The first kappa shape index (κ1) is 12.0. The van der Waals surface area contributed by atoms with E-state index >= 15 is 0 Å². The maximum absolute atomic E-state index is 4.30. The lowest BCUT2D eigenvalue weighted by atomic mass is 10.4. The minimum absolute atomic E-state index is 0.678. The van der Waals surface area contributed by atoms with Gasteiger partial charge in [0.15, 0.2) is 11.7 Å². The van der Waals surface area contributed by atoms with Crippen LogP contribution in [0.3, 0.4) is 0 Å². The third-order valence-corrected chi connectivity index (χ3v) is 4.74. The highest BCUT2D eigenvalue weighted by molar-refractivity contribution is 7.97. The molecule has 0 amide bonds. The number of hydrogen-bond acceptors (Lipinski definition) is 7. The second-order valence-corrected chi connectivity index (χ2v) is 6.08. The van der Waals surface area contributed by atoms with Gasteiger partial charge in [-0.15, -0.1) is 22.7 Å². The predicted molar refractivity (Wildman–Crippen MR) is 81.5 cm³/mol. The van der Waals surface area contributed by atoms with Gasteiger partial charge in [-0.1, -0.05) is 12.1 Å². The monoisotopic (exact) mass is 310 g/mol. The molecule has 1 aliphatic rings. The van der Waals surface area contributed by atoms with Crippen molar-refractivity contribution in [3.63, 3.8) is 0 Å². The molecule has 0 unspecified atom stereocenters. The van der Waals surface area contributed by atoms with Crippen LogP contribution < -0.4 is 0 Å². The first-order chi connectivity index (χ1) is 8.93. The van der Waals surface area contributed by atoms with Gasteiger partial charge in [-0.25, -0.2) is 0 Å². The molecule has 2 aromatic rings. The van der Waals surface area contributed by atoms with Crippen molar-refractivity contribution in [2.45, 2.75) is 0 Å². The van der Waals surface area contributed by atoms with Gasteiger partial charge in [0.25, 0.3) is 0 Å². The highest BCUT2D eigenvalue weighted by Crippen LogP contribution is 2.19. The van der Waals surface area contributed by atoms with E-state index in [4.69, 9.17) is 0 Å². The Labute approximate surface area is 120 Å². The van der Waals surface area contributed by atoms with Crippen LogP contribution in [0.15, 0.2) is 52.5 Å². The molecular weight excluding hydrogens is 304 g/mol. The molecule has 3 rings (SSSR count). The van der Waals surface area contributed by atoms with Crippen molar-refractivity contribution in [3.05, 3.63) is 44.8 Å². The summed E-state index contributed by atoms with van der Waals surface area (Å²) in [6.07, 6.45) is 0. The predicted octanol–water partition coefficient (Wildman–Crippen LogP) is 4.03. The van der Waals surface area contributed by atoms with Crippen LogP contribution in [0, 0.1) is 0 Å². The zero-order valence-electron chi connectivity index (χ0n) is 8.89. The number of thiophene rings is 2. The Morgan fingerprint density at radius 3 is 1.78 bits per heavy atom. The fourth-order valence-electron chi connectivity index (χ4n) is 1.22. The Bertz CT molecular complexity index is 594. The second-order valence-electron chi connectivity index (χ2n) is 3.13. The SMILES string of the molecule is c1csc(/C2=N/S/N=C(/c3cccs3)N=S=N2)c1. The summed E-state index contributed by atoms with van der Waals surface area (Å²) in [4.78, 5) is 2.06. The third-order valence-electron chi connectivity index (χ3n) is 1.99. The molecule has 0 N–H and O–H groups in total. The van der Waals surface area contributed by atoms with Crippen LogP contribution in [-0.4, -0.2) is 11.7 Å². The molecule has 1 aliphatic heterocycles. The average Bonchev–Trinajstić information content (AvgIpc) is 3.01. The van der Waals surface area contributed by atoms with Gasteiger partial charge in [0, 0.05) is 0 Å². The van der Waals surface area contributed by atoms with Crippen molar-refractivity contribution in [2.24, 2.45) is 17.5 Å². The summed E-state index contributed by atoms with van der Waals surface area (Å²) in [5.74, 6) is 1.36. The molecule has 0 spiro atoms. The number of amidine groups is 2. The van der Waals surface area contributed by atoms with E-state index in [1.807, 2.05) is 35.0 Å². The smallest absolute Gasteiger partial charge is 0.170 e.